The van der Waals surface area contributed by atoms with Crippen molar-refractivity contribution in [2.24, 2.45) is 5.92 Å². The van der Waals surface area contributed by atoms with Gasteiger partial charge in [0.1, 0.15) is 12.1 Å². The third kappa shape index (κ3) is 5.01. The van der Waals surface area contributed by atoms with Crippen molar-refractivity contribution in [3.05, 3.63) is 40.5 Å². The van der Waals surface area contributed by atoms with Crippen LogP contribution in [-0.4, -0.2) is 41.6 Å². The summed E-state index contributed by atoms with van der Waals surface area (Å²) in [6, 6.07) is 6.78. The number of alkyl carbamates (subject to hydrolysis) is 1. The average molecular weight is 399 g/mol. The maximum absolute atomic E-state index is 13.0. The third-order valence-electron chi connectivity index (χ3n) is 5.53. The summed E-state index contributed by atoms with van der Waals surface area (Å²) in [6.45, 7) is 12.6. The van der Waals surface area contributed by atoms with Crippen molar-refractivity contribution >= 4 is 17.6 Å². The molecule has 5 heteroatoms. The molecule has 1 heterocycles. The van der Waals surface area contributed by atoms with Gasteiger partial charge < -0.3 is 15.0 Å². The Balaban J connectivity index is 1.75. The van der Waals surface area contributed by atoms with Crippen LogP contribution in [-0.2, 0) is 16.0 Å². The van der Waals surface area contributed by atoms with Crippen molar-refractivity contribution in [1.82, 2.24) is 10.2 Å². The Labute approximate surface area is 174 Å². The molecule has 29 heavy (non-hydrogen) atoms. The molecule has 0 bridgehead atoms. The topological polar surface area (TPSA) is 58.6 Å². The fraction of sp³-hybridized carbons (Fsp3) is 0.583. The summed E-state index contributed by atoms with van der Waals surface area (Å²) in [5.74, 6) is 0.437. The van der Waals surface area contributed by atoms with E-state index in [-0.39, 0.29) is 18.5 Å². The number of benzene rings is 1. The Morgan fingerprint density at radius 1 is 1.28 bits per heavy atom. The van der Waals surface area contributed by atoms with Gasteiger partial charge in [0, 0.05) is 6.54 Å². The SMILES string of the molecule is Cc1ccc2c(c1)CC1=C2CCN(C(=O)CNC(=O)OC(C)(C)C)C1CC(C)C. The number of amides is 2. The van der Waals surface area contributed by atoms with Gasteiger partial charge >= 0.3 is 6.09 Å². The number of hydrogen-bond donors (Lipinski definition) is 1. The minimum atomic E-state index is -0.577. The lowest BCUT2D eigenvalue weighted by atomic mass is 9.87. The molecular formula is C24H34N2O3. The quantitative estimate of drug-likeness (QED) is 0.814. The molecule has 1 aliphatic carbocycles. The number of hydrogen-bond acceptors (Lipinski definition) is 3. The number of rotatable bonds is 4. The Morgan fingerprint density at radius 3 is 2.66 bits per heavy atom. The van der Waals surface area contributed by atoms with Gasteiger partial charge in [-0.3, -0.25) is 4.79 Å². The molecule has 1 unspecified atom stereocenters. The van der Waals surface area contributed by atoms with Crippen LogP contribution in [0.5, 0.6) is 0 Å². The summed E-state index contributed by atoms with van der Waals surface area (Å²) in [5, 5.41) is 2.63. The highest BCUT2D eigenvalue weighted by atomic mass is 16.6. The molecular weight excluding hydrogens is 364 g/mol. The van der Waals surface area contributed by atoms with Gasteiger partial charge in [-0.05, 0) is 75.1 Å². The molecule has 3 rings (SSSR count). The van der Waals surface area contributed by atoms with E-state index in [4.69, 9.17) is 4.74 Å². The number of ether oxygens (including phenoxy) is 1. The van der Waals surface area contributed by atoms with Crippen LogP contribution in [0, 0.1) is 12.8 Å². The Morgan fingerprint density at radius 2 is 2.00 bits per heavy atom. The monoisotopic (exact) mass is 398 g/mol. The van der Waals surface area contributed by atoms with E-state index in [2.05, 4.69) is 44.3 Å². The van der Waals surface area contributed by atoms with Gasteiger partial charge in [0.05, 0.1) is 6.04 Å². The maximum atomic E-state index is 13.0. The van der Waals surface area contributed by atoms with Crippen molar-refractivity contribution in [2.45, 2.75) is 72.4 Å². The fourth-order valence-electron chi connectivity index (χ4n) is 4.42. The first-order chi connectivity index (χ1) is 13.5. The van der Waals surface area contributed by atoms with E-state index in [1.165, 1.54) is 27.8 Å². The summed E-state index contributed by atoms with van der Waals surface area (Å²) >= 11 is 0. The molecule has 0 radical (unpaired) electrons. The number of carbonyl (C=O) groups excluding carboxylic acids is 2. The van der Waals surface area contributed by atoms with Gasteiger partial charge in [0.25, 0.3) is 0 Å². The molecule has 0 fully saturated rings. The Bertz CT molecular complexity index is 833. The van der Waals surface area contributed by atoms with Crippen LogP contribution in [0.1, 0.15) is 64.2 Å². The molecule has 1 aromatic rings. The zero-order valence-corrected chi connectivity index (χ0v) is 18.6. The molecule has 1 aromatic carbocycles. The average Bonchev–Trinajstić information content (AvgIpc) is 2.96. The van der Waals surface area contributed by atoms with Gasteiger partial charge in [-0.1, -0.05) is 37.6 Å². The van der Waals surface area contributed by atoms with E-state index < -0.39 is 11.7 Å². The van der Waals surface area contributed by atoms with E-state index in [1.807, 2.05) is 25.7 Å². The van der Waals surface area contributed by atoms with Crippen molar-refractivity contribution < 1.29 is 14.3 Å². The lowest BCUT2D eigenvalue weighted by molar-refractivity contribution is -0.132. The number of fused-ring (bicyclic) bond motifs is 2. The first-order valence-corrected chi connectivity index (χ1v) is 10.6. The fourth-order valence-corrected chi connectivity index (χ4v) is 4.42. The maximum Gasteiger partial charge on any atom is 0.408 e. The first kappa shape index (κ1) is 21.4. The van der Waals surface area contributed by atoms with E-state index in [0.717, 1.165) is 19.3 Å². The predicted molar refractivity (Wildman–Crippen MR) is 116 cm³/mol. The molecule has 1 N–H and O–H groups in total. The second-order valence-electron chi connectivity index (χ2n) is 9.68. The zero-order valence-electron chi connectivity index (χ0n) is 18.6. The van der Waals surface area contributed by atoms with Crippen molar-refractivity contribution in [1.29, 1.82) is 0 Å². The largest absolute Gasteiger partial charge is 0.444 e. The molecule has 1 aliphatic heterocycles. The van der Waals surface area contributed by atoms with Crippen LogP contribution in [0.15, 0.2) is 23.8 Å². The highest BCUT2D eigenvalue weighted by Gasteiger charge is 2.37. The minimum Gasteiger partial charge on any atom is -0.444 e. The van der Waals surface area contributed by atoms with Crippen LogP contribution in [0.25, 0.3) is 5.57 Å². The summed E-state index contributed by atoms with van der Waals surface area (Å²) in [7, 11) is 0. The van der Waals surface area contributed by atoms with Crippen LogP contribution >= 0.6 is 0 Å². The third-order valence-corrected chi connectivity index (χ3v) is 5.53. The number of aryl methyl sites for hydroxylation is 1. The number of carbonyl (C=O) groups is 2. The smallest absolute Gasteiger partial charge is 0.408 e. The highest BCUT2D eigenvalue weighted by Crippen LogP contribution is 2.42. The van der Waals surface area contributed by atoms with Gasteiger partial charge in [0.15, 0.2) is 0 Å². The number of nitrogens with one attached hydrogen (secondary N) is 1. The molecule has 2 aliphatic rings. The van der Waals surface area contributed by atoms with Gasteiger partial charge in [-0.25, -0.2) is 4.79 Å². The summed E-state index contributed by atoms with van der Waals surface area (Å²) in [5.41, 5.74) is 6.25. The lowest BCUT2D eigenvalue weighted by Crippen LogP contribution is -2.49. The number of nitrogens with zero attached hydrogens (tertiary/aromatic N) is 1. The van der Waals surface area contributed by atoms with Crippen molar-refractivity contribution in [3.8, 4) is 0 Å². The van der Waals surface area contributed by atoms with Gasteiger partial charge in [-0.2, -0.15) is 0 Å². The van der Waals surface area contributed by atoms with E-state index in [1.54, 1.807) is 0 Å². The molecule has 158 valence electrons. The standard InChI is InChI=1S/C24H34N2O3/c1-15(2)11-21-20-13-17-12-16(3)7-8-18(17)19(20)9-10-26(21)22(27)14-25-23(28)29-24(4,5)6/h7-8,12,15,21H,9-11,13-14H2,1-6H3,(H,25,28). The van der Waals surface area contributed by atoms with Crippen LogP contribution in [0.2, 0.25) is 0 Å². The Hall–Kier alpha value is -2.30. The van der Waals surface area contributed by atoms with Crippen LogP contribution < -0.4 is 5.32 Å². The Kier molecular flexibility index (Phi) is 6.06. The molecule has 2 amide bonds. The molecule has 1 atom stereocenters. The predicted octanol–water partition coefficient (Wildman–Crippen LogP) is 4.48. The zero-order chi connectivity index (χ0) is 21.3. The first-order valence-electron chi connectivity index (χ1n) is 10.6. The molecule has 5 nitrogen and oxygen atoms in total. The highest BCUT2D eigenvalue weighted by molar-refractivity contribution is 5.86. The summed E-state index contributed by atoms with van der Waals surface area (Å²) in [6.07, 6.45) is 2.18. The lowest BCUT2D eigenvalue weighted by Gasteiger charge is -2.38. The molecule has 0 saturated carbocycles. The second-order valence-corrected chi connectivity index (χ2v) is 9.68. The van der Waals surface area contributed by atoms with Crippen LogP contribution in [0.4, 0.5) is 4.79 Å². The second kappa shape index (κ2) is 8.21. The van der Waals surface area contributed by atoms with Crippen molar-refractivity contribution in [3.63, 3.8) is 0 Å². The van der Waals surface area contributed by atoms with E-state index >= 15 is 0 Å². The van der Waals surface area contributed by atoms with E-state index in [9.17, 15) is 9.59 Å². The van der Waals surface area contributed by atoms with Gasteiger partial charge in [-0.15, -0.1) is 0 Å². The molecule has 0 aromatic heterocycles. The molecule has 0 saturated heterocycles. The van der Waals surface area contributed by atoms with E-state index in [0.29, 0.717) is 12.5 Å². The normalized spacial score (nSPS) is 18.6. The summed E-state index contributed by atoms with van der Waals surface area (Å²) in [4.78, 5) is 26.9. The summed E-state index contributed by atoms with van der Waals surface area (Å²) < 4.78 is 5.26. The minimum absolute atomic E-state index is 0.0296. The van der Waals surface area contributed by atoms with Gasteiger partial charge in [0.2, 0.25) is 5.91 Å². The molecule has 0 spiro atoms. The van der Waals surface area contributed by atoms with Crippen molar-refractivity contribution in [2.75, 3.05) is 13.1 Å². The van der Waals surface area contributed by atoms with Crippen LogP contribution in [0.3, 0.4) is 0 Å².